The quantitative estimate of drug-likeness (QED) is 0.698. The number of fused-ring (bicyclic) bond motifs is 4. The second kappa shape index (κ2) is 7.48. The Kier molecular flexibility index (Phi) is 5.21. The molecular weight excluding hydrogens is 368 g/mol. The van der Waals surface area contributed by atoms with Gasteiger partial charge in [0.1, 0.15) is 12.7 Å². The third-order valence-electron chi connectivity index (χ3n) is 6.27. The second-order valence-corrected chi connectivity index (χ2v) is 10.00. The Morgan fingerprint density at radius 3 is 2.67 bits per heavy atom. The molecule has 9 nitrogen and oxygen atoms in total. The van der Waals surface area contributed by atoms with Gasteiger partial charge in [0.25, 0.3) is 0 Å². The topological polar surface area (TPSA) is 100 Å². The van der Waals surface area contributed by atoms with Crippen molar-refractivity contribution in [1.29, 1.82) is 0 Å². The number of nitrogens with zero attached hydrogens (tertiary/aromatic N) is 5. The first-order valence-electron chi connectivity index (χ1n) is 9.71. The first kappa shape index (κ1) is 18.8. The maximum atomic E-state index is 12.7. The van der Waals surface area contributed by atoms with Crippen molar-refractivity contribution in [1.82, 2.24) is 29.3 Å². The highest BCUT2D eigenvalue weighted by Crippen LogP contribution is 2.41. The number of rotatable bonds is 6. The standard InChI is InChI=1S/C17H28N6O3S/c1-27(25,26)20-8-16-14-7-13(15-3-2-4-17(24)23(15)16)9-21(10-14)5-6-22-11-18-19-12-22/h11-16,20H,2-10H2,1H3/t13-,14+,15+,16+/m1/s1. The zero-order valence-corrected chi connectivity index (χ0v) is 16.5. The van der Waals surface area contributed by atoms with Gasteiger partial charge >= 0.3 is 0 Å². The van der Waals surface area contributed by atoms with E-state index in [1.807, 2.05) is 9.47 Å². The van der Waals surface area contributed by atoms with Crippen molar-refractivity contribution >= 4 is 15.9 Å². The average molecular weight is 397 g/mol. The van der Waals surface area contributed by atoms with Crippen molar-refractivity contribution in [3.8, 4) is 0 Å². The summed E-state index contributed by atoms with van der Waals surface area (Å²) >= 11 is 0. The lowest BCUT2D eigenvalue weighted by molar-refractivity contribution is -0.152. The fraction of sp³-hybridized carbons (Fsp3) is 0.824. The number of carbonyl (C=O) groups is 1. The van der Waals surface area contributed by atoms with E-state index < -0.39 is 10.0 Å². The molecular formula is C17H28N6O3S. The number of likely N-dealkylation sites (tertiary alicyclic amines) is 1. The van der Waals surface area contributed by atoms with Crippen LogP contribution in [0.5, 0.6) is 0 Å². The third kappa shape index (κ3) is 4.17. The van der Waals surface area contributed by atoms with Crippen LogP contribution in [0, 0.1) is 11.8 Å². The number of hydrogen-bond donors (Lipinski definition) is 1. The van der Waals surface area contributed by atoms with E-state index in [4.69, 9.17) is 0 Å². The van der Waals surface area contributed by atoms with Gasteiger partial charge in [0.05, 0.1) is 6.26 Å². The summed E-state index contributed by atoms with van der Waals surface area (Å²) in [5.41, 5.74) is 0. The van der Waals surface area contributed by atoms with Crippen LogP contribution in [-0.2, 0) is 21.4 Å². The molecule has 0 unspecified atom stereocenters. The van der Waals surface area contributed by atoms with Crippen LogP contribution in [0.25, 0.3) is 0 Å². The molecule has 0 radical (unpaired) electrons. The Morgan fingerprint density at radius 1 is 1.19 bits per heavy atom. The Hall–Kier alpha value is -1.52. The molecule has 3 aliphatic heterocycles. The van der Waals surface area contributed by atoms with E-state index in [2.05, 4.69) is 19.8 Å². The van der Waals surface area contributed by atoms with Gasteiger partial charge in [-0.05, 0) is 31.1 Å². The van der Waals surface area contributed by atoms with Gasteiger partial charge in [-0.2, -0.15) is 0 Å². The smallest absolute Gasteiger partial charge is 0.223 e. The SMILES string of the molecule is CS(=O)(=O)NC[C@H]1[C@H]2C[C@H](CN(CCn3cnnc3)C2)[C@@H]2CCCC(=O)N21. The van der Waals surface area contributed by atoms with E-state index in [1.54, 1.807) is 12.7 Å². The fourth-order valence-electron chi connectivity index (χ4n) is 5.15. The lowest BCUT2D eigenvalue weighted by atomic mass is 9.72. The lowest BCUT2D eigenvalue weighted by Crippen LogP contribution is -2.67. The van der Waals surface area contributed by atoms with Crippen LogP contribution in [0.3, 0.4) is 0 Å². The van der Waals surface area contributed by atoms with Crippen molar-refractivity contribution in [2.24, 2.45) is 11.8 Å². The minimum absolute atomic E-state index is 0.0495. The maximum absolute atomic E-state index is 12.7. The third-order valence-corrected chi connectivity index (χ3v) is 6.96. The summed E-state index contributed by atoms with van der Waals surface area (Å²) in [6, 6.07) is 0.193. The van der Waals surface area contributed by atoms with Crippen LogP contribution in [-0.4, -0.2) is 83.4 Å². The van der Waals surface area contributed by atoms with Gasteiger partial charge in [-0.15, -0.1) is 10.2 Å². The van der Waals surface area contributed by atoms with Gasteiger partial charge in [-0.25, -0.2) is 13.1 Å². The van der Waals surface area contributed by atoms with Crippen molar-refractivity contribution in [2.45, 2.75) is 44.3 Å². The van der Waals surface area contributed by atoms with Crippen molar-refractivity contribution in [3.63, 3.8) is 0 Å². The molecule has 3 aliphatic rings. The molecule has 4 heterocycles. The fourth-order valence-corrected chi connectivity index (χ4v) is 5.62. The van der Waals surface area contributed by atoms with E-state index in [0.717, 1.165) is 45.4 Å². The molecule has 0 saturated carbocycles. The molecule has 1 aromatic rings. The molecule has 1 aromatic heterocycles. The van der Waals surface area contributed by atoms with Gasteiger partial charge in [0.2, 0.25) is 15.9 Å². The van der Waals surface area contributed by atoms with Gasteiger partial charge in [-0.1, -0.05) is 0 Å². The Morgan fingerprint density at radius 2 is 1.93 bits per heavy atom. The molecule has 0 aromatic carbocycles. The zero-order valence-electron chi connectivity index (χ0n) is 15.7. The van der Waals surface area contributed by atoms with E-state index in [0.29, 0.717) is 24.8 Å². The molecule has 27 heavy (non-hydrogen) atoms. The summed E-state index contributed by atoms with van der Waals surface area (Å²) in [6.45, 7) is 3.96. The van der Waals surface area contributed by atoms with Crippen molar-refractivity contribution in [2.75, 3.05) is 32.4 Å². The number of aromatic nitrogens is 3. The number of hydrogen-bond acceptors (Lipinski definition) is 6. The molecule has 4 rings (SSSR count). The Balaban J connectivity index is 1.50. The molecule has 3 saturated heterocycles. The van der Waals surface area contributed by atoms with Crippen LogP contribution in [0.2, 0.25) is 0 Å². The Labute approximate surface area is 160 Å². The van der Waals surface area contributed by atoms with E-state index in [9.17, 15) is 13.2 Å². The number of sulfonamides is 1. The predicted octanol–water partition coefficient (Wildman–Crippen LogP) is -0.471. The predicted molar refractivity (Wildman–Crippen MR) is 99.2 cm³/mol. The normalized spacial score (nSPS) is 31.7. The second-order valence-electron chi connectivity index (χ2n) is 8.16. The van der Waals surface area contributed by atoms with E-state index >= 15 is 0 Å². The summed E-state index contributed by atoms with van der Waals surface area (Å²) in [5, 5.41) is 7.70. The molecule has 4 atom stereocenters. The molecule has 0 spiro atoms. The van der Waals surface area contributed by atoms with Gasteiger partial charge in [-0.3, -0.25) is 4.79 Å². The molecule has 2 bridgehead atoms. The van der Waals surface area contributed by atoms with Gasteiger partial charge < -0.3 is 14.4 Å². The highest BCUT2D eigenvalue weighted by atomic mass is 32.2. The van der Waals surface area contributed by atoms with Crippen LogP contribution >= 0.6 is 0 Å². The highest BCUT2D eigenvalue weighted by Gasteiger charge is 2.49. The lowest BCUT2D eigenvalue weighted by Gasteiger charge is -2.56. The number of nitrogens with one attached hydrogen (secondary N) is 1. The minimum atomic E-state index is -3.28. The monoisotopic (exact) mass is 396 g/mol. The molecule has 1 N–H and O–H groups in total. The molecule has 1 amide bonds. The van der Waals surface area contributed by atoms with Crippen LogP contribution in [0.15, 0.2) is 12.7 Å². The first-order valence-corrected chi connectivity index (χ1v) is 11.6. The molecule has 3 fully saturated rings. The van der Waals surface area contributed by atoms with Crippen molar-refractivity contribution in [3.05, 3.63) is 12.7 Å². The highest BCUT2D eigenvalue weighted by molar-refractivity contribution is 7.88. The first-order chi connectivity index (χ1) is 12.9. The summed E-state index contributed by atoms with van der Waals surface area (Å²) < 4.78 is 27.9. The average Bonchev–Trinajstić information content (AvgIpc) is 3.13. The van der Waals surface area contributed by atoms with Crippen LogP contribution in [0.4, 0.5) is 0 Å². The Bertz CT molecular complexity index is 768. The van der Waals surface area contributed by atoms with E-state index in [1.165, 1.54) is 6.26 Å². The summed E-state index contributed by atoms with van der Waals surface area (Å²) in [4.78, 5) is 17.2. The van der Waals surface area contributed by atoms with Gasteiger partial charge in [0.15, 0.2) is 0 Å². The minimum Gasteiger partial charge on any atom is -0.335 e. The number of carbonyl (C=O) groups excluding carboxylic acids is 1. The number of piperidine rings is 3. The van der Waals surface area contributed by atoms with Crippen LogP contribution < -0.4 is 4.72 Å². The summed E-state index contributed by atoms with van der Waals surface area (Å²) in [5.74, 6) is 0.972. The summed E-state index contributed by atoms with van der Waals surface area (Å²) in [6.07, 6.45) is 8.26. The maximum Gasteiger partial charge on any atom is 0.223 e. The number of amides is 1. The largest absolute Gasteiger partial charge is 0.335 e. The van der Waals surface area contributed by atoms with Crippen LogP contribution in [0.1, 0.15) is 25.7 Å². The summed E-state index contributed by atoms with van der Waals surface area (Å²) in [7, 11) is -3.28. The molecule has 10 heteroatoms. The zero-order chi connectivity index (χ0) is 19.0. The molecule has 150 valence electrons. The van der Waals surface area contributed by atoms with Gasteiger partial charge in [0, 0.05) is 51.2 Å². The van der Waals surface area contributed by atoms with Crippen molar-refractivity contribution < 1.29 is 13.2 Å². The van der Waals surface area contributed by atoms with E-state index in [-0.39, 0.29) is 18.0 Å². The molecule has 0 aliphatic carbocycles.